The van der Waals surface area contributed by atoms with Crippen molar-refractivity contribution >= 4 is 11.9 Å². The van der Waals surface area contributed by atoms with E-state index in [1.165, 1.54) is 7.11 Å². The Kier molecular flexibility index (Phi) is 7.79. The molecule has 0 aromatic heterocycles. The van der Waals surface area contributed by atoms with Crippen LogP contribution in [0.5, 0.6) is 0 Å². The highest BCUT2D eigenvalue weighted by Crippen LogP contribution is 2.21. The third-order valence-electron chi connectivity index (χ3n) is 2.85. The Hall–Kier alpha value is -1.10. The molecule has 5 nitrogen and oxygen atoms in total. The van der Waals surface area contributed by atoms with Gasteiger partial charge in [0, 0.05) is 12.5 Å². The summed E-state index contributed by atoms with van der Waals surface area (Å²) in [6.07, 6.45) is 1.54. The predicted molar refractivity (Wildman–Crippen MR) is 80.1 cm³/mol. The maximum absolute atomic E-state index is 12.0. The molecule has 2 atom stereocenters. The maximum atomic E-state index is 12.0. The van der Waals surface area contributed by atoms with Gasteiger partial charge in [-0.3, -0.25) is 4.79 Å². The van der Waals surface area contributed by atoms with E-state index >= 15 is 0 Å². The summed E-state index contributed by atoms with van der Waals surface area (Å²) >= 11 is 0. The minimum atomic E-state index is -0.589. The molecule has 0 aromatic carbocycles. The highest BCUT2D eigenvalue weighted by Gasteiger charge is 2.24. The topological polar surface area (TPSA) is 81.4 Å². The minimum Gasteiger partial charge on any atom is -0.467 e. The Morgan fingerprint density at radius 3 is 2.20 bits per heavy atom. The van der Waals surface area contributed by atoms with Gasteiger partial charge in [0.1, 0.15) is 6.04 Å². The van der Waals surface area contributed by atoms with E-state index in [1.54, 1.807) is 0 Å². The van der Waals surface area contributed by atoms with Crippen molar-refractivity contribution in [2.24, 2.45) is 17.1 Å². The molecule has 5 heteroatoms. The molecule has 0 aliphatic heterocycles. The van der Waals surface area contributed by atoms with Crippen molar-refractivity contribution in [2.75, 3.05) is 7.11 Å². The van der Waals surface area contributed by atoms with Crippen molar-refractivity contribution in [3.8, 4) is 0 Å². The lowest BCUT2D eigenvalue weighted by molar-refractivity contribution is -0.145. The van der Waals surface area contributed by atoms with Gasteiger partial charge in [0.15, 0.2) is 0 Å². The number of carbonyl (C=O) groups is 2. The van der Waals surface area contributed by atoms with Gasteiger partial charge in [-0.15, -0.1) is 0 Å². The van der Waals surface area contributed by atoms with E-state index in [-0.39, 0.29) is 23.8 Å². The Labute approximate surface area is 122 Å². The molecule has 20 heavy (non-hydrogen) atoms. The second-order valence-corrected chi connectivity index (χ2v) is 7.00. The Bertz CT molecular complexity index is 322. The molecule has 0 saturated carbocycles. The molecule has 0 fully saturated rings. The second-order valence-electron chi connectivity index (χ2n) is 7.00. The number of nitrogens with one attached hydrogen (secondary N) is 1. The molecule has 0 aromatic rings. The van der Waals surface area contributed by atoms with Gasteiger partial charge in [0.25, 0.3) is 0 Å². The first-order valence-corrected chi connectivity index (χ1v) is 7.18. The molecular formula is C15H30N2O3. The fourth-order valence-electron chi connectivity index (χ4n) is 2.18. The second kappa shape index (κ2) is 8.25. The fraction of sp³-hybridized carbons (Fsp3) is 0.867. The highest BCUT2D eigenvalue weighted by atomic mass is 16.5. The van der Waals surface area contributed by atoms with Crippen LogP contribution in [-0.2, 0) is 14.3 Å². The Morgan fingerprint density at radius 1 is 1.25 bits per heavy atom. The molecule has 0 heterocycles. The normalized spacial score (nSPS) is 14.8. The zero-order valence-electron chi connectivity index (χ0n) is 13.7. The molecular weight excluding hydrogens is 256 g/mol. The smallest absolute Gasteiger partial charge is 0.328 e. The lowest BCUT2D eigenvalue weighted by Crippen LogP contribution is -2.44. The van der Waals surface area contributed by atoms with Crippen LogP contribution in [0.3, 0.4) is 0 Å². The zero-order valence-corrected chi connectivity index (χ0v) is 13.7. The summed E-state index contributed by atoms with van der Waals surface area (Å²) in [4.78, 5) is 23.6. The van der Waals surface area contributed by atoms with E-state index in [0.717, 1.165) is 6.42 Å². The third-order valence-corrected chi connectivity index (χ3v) is 2.85. The third kappa shape index (κ3) is 8.91. The SMILES string of the molecule is COC(=O)C(CC(C)C)NC(=O)CC(N)CC(C)(C)C. The van der Waals surface area contributed by atoms with E-state index in [1.807, 2.05) is 13.8 Å². The van der Waals surface area contributed by atoms with E-state index in [4.69, 9.17) is 10.5 Å². The number of hydrogen-bond donors (Lipinski definition) is 2. The molecule has 3 N–H and O–H groups in total. The fourth-order valence-corrected chi connectivity index (χ4v) is 2.18. The lowest BCUT2D eigenvalue weighted by Gasteiger charge is -2.24. The van der Waals surface area contributed by atoms with Crippen molar-refractivity contribution in [3.05, 3.63) is 0 Å². The summed E-state index contributed by atoms with van der Waals surface area (Å²) in [5.41, 5.74) is 6.05. The van der Waals surface area contributed by atoms with Crippen LogP contribution in [0.1, 0.15) is 53.9 Å². The van der Waals surface area contributed by atoms with Crippen LogP contribution in [0.2, 0.25) is 0 Å². The maximum Gasteiger partial charge on any atom is 0.328 e. The molecule has 1 amide bonds. The summed E-state index contributed by atoms with van der Waals surface area (Å²) in [6, 6.07) is -0.790. The van der Waals surface area contributed by atoms with Gasteiger partial charge in [-0.2, -0.15) is 0 Å². The number of rotatable bonds is 7. The quantitative estimate of drug-likeness (QED) is 0.700. The summed E-state index contributed by atoms with van der Waals surface area (Å²) in [5, 5.41) is 2.72. The molecule has 0 bridgehead atoms. The number of hydrogen-bond acceptors (Lipinski definition) is 4. The molecule has 0 rings (SSSR count). The van der Waals surface area contributed by atoms with Crippen LogP contribution in [0, 0.1) is 11.3 Å². The van der Waals surface area contributed by atoms with Crippen LogP contribution in [-0.4, -0.2) is 31.1 Å². The number of nitrogens with two attached hydrogens (primary N) is 1. The molecule has 0 saturated heterocycles. The summed E-state index contributed by atoms with van der Waals surface area (Å²) in [6.45, 7) is 10.2. The first kappa shape index (κ1) is 18.9. The first-order chi connectivity index (χ1) is 9.05. The van der Waals surface area contributed by atoms with Crippen LogP contribution in [0.25, 0.3) is 0 Å². The van der Waals surface area contributed by atoms with E-state index < -0.39 is 12.0 Å². The summed E-state index contributed by atoms with van der Waals surface area (Å²) < 4.78 is 4.71. The van der Waals surface area contributed by atoms with Gasteiger partial charge < -0.3 is 15.8 Å². The standard InChI is InChI=1S/C15H30N2O3/c1-10(2)7-12(14(19)20-6)17-13(18)8-11(16)9-15(3,4)5/h10-12H,7-9,16H2,1-6H3,(H,17,18). The monoisotopic (exact) mass is 286 g/mol. The van der Waals surface area contributed by atoms with Gasteiger partial charge in [-0.1, -0.05) is 34.6 Å². The predicted octanol–water partition coefficient (Wildman–Crippen LogP) is 1.84. The van der Waals surface area contributed by atoms with Crippen LogP contribution >= 0.6 is 0 Å². The van der Waals surface area contributed by atoms with Gasteiger partial charge >= 0.3 is 5.97 Å². The number of methoxy groups -OCH3 is 1. The van der Waals surface area contributed by atoms with Crippen LogP contribution in [0.4, 0.5) is 0 Å². The van der Waals surface area contributed by atoms with Gasteiger partial charge in [-0.05, 0) is 24.2 Å². The number of carbonyl (C=O) groups excluding carboxylic acids is 2. The van der Waals surface area contributed by atoms with Crippen LogP contribution < -0.4 is 11.1 Å². The van der Waals surface area contributed by atoms with Crippen molar-refractivity contribution < 1.29 is 14.3 Å². The van der Waals surface area contributed by atoms with Gasteiger partial charge in [0.2, 0.25) is 5.91 Å². The lowest BCUT2D eigenvalue weighted by atomic mass is 9.87. The van der Waals surface area contributed by atoms with Crippen molar-refractivity contribution in [1.29, 1.82) is 0 Å². The molecule has 2 unspecified atom stereocenters. The van der Waals surface area contributed by atoms with Crippen LogP contribution in [0.15, 0.2) is 0 Å². The van der Waals surface area contributed by atoms with Crippen molar-refractivity contribution in [1.82, 2.24) is 5.32 Å². The van der Waals surface area contributed by atoms with E-state index in [0.29, 0.717) is 12.3 Å². The Balaban J connectivity index is 4.42. The van der Waals surface area contributed by atoms with E-state index in [9.17, 15) is 9.59 Å². The van der Waals surface area contributed by atoms with Gasteiger partial charge in [0.05, 0.1) is 7.11 Å². The molecule has 0 aliphatic carbocycles. The van der Waals surface area contributed by atoms with Crippen molar-refractivity contribution in [3.63, 3.8) is 0 Å². The minimum absolute atomic E-state index is 0.0827. The molecule has 118 valence electrons. The number of esters is 1. The summed E-state index contributed by atoms with van der Waals surface area (Å²) in [5.74, 6) is -0.308. The molecule has 0 radical (unpaired) electrons. The number of amides is 1. The molecule has 0 aliphatic rings. The first-order valence-electron chi connectivity index (χ1n) is 7.18. The average molecular weight is 286 g/mol. The van der Waals surface area contributed by atoms with E-state index in [2.05, 4.69) is 26.1 Å². The highest BCUT2D eigenvalue weighted by molar-refractivity contribution is 5.84. The average Bonchev–Trinajstić information content (AvgIpc) is 2.23. The Morgan fingerprint density at radius 2 is 1.80 bits per heavy atom. The van der Waals surface area contributed by atoms with Crippen molar-refractivity contribution in [2.45, 2.75) is 66.0 Å². The number of ether oxygens (including phenoxy) is 1. The molecule has 0 spiro atoms. The zero-order chi connectivity index (χ0) is 15.9. The summed E-state index contributed by atoms with van der Waals surface area (Å²) in [7, 11) is 1.33. The van der Waals surface area contributed by atoms with Gasteiger partial charge in [-0.25, -0.2) is 4.79 Å². The largest absolute Gasteiger partial charge is 0.467 e.